The van der Waals surface area contributed by atoms with Crippen LogP contribution in [0.3, 0.4) is 0 Å². The van der Waals surface area contributed by atoms with E-state index in [1.807, 2.05) is 0 Å². The molecule has 1 aromatic heterocycles. The molecule has 1 saturated heterocycles. The van der Waals surface area contributed by atoms with Gasteiger partial charge >= 0.3 is 6.03 Å². The van der Waals surface area contributed by atoms with Crippen molar-refractivity contribution in [3.8, 4) is 5.75 Å². The van der Waals surface area contributed by atoms with Crippen molar-refractivity contribution in [3.63, 3.8) is 0 Å². The average molecular weight is 497 g/mol. The maximum absolute atomic E-state index is 14.3. The molecule has 1 aliphatic heterocycles. The van der Waals surface area contributed by atoms with Crippen LogP contribution in [0.5, 0.6) is 5.75 Å². The van der Waals surface area contributed by atoms with Crippen LogP contribution in [0.2, 0.25) is 5.02 Å². The molecule has 0 spiro atoms. The van der Waals surface area contributed by atoms with E-state index in [4.69, 9.17) is 21.1 Å². The lowest BCUT2D eigenvalue weighted by atomic mass is 10.1. The third kappa shape index (κ3) is 5.89. The van der Waals surface area contributed by atoms with Gasteiger partial charge in [-0.3, -0.25) is 10.2 Å². The Hall–Kier alpha value is -2.53. The number of benzene rings is 2. The molecule has 2 amide bonds. The highest BCUT2D eigenvalue weighted by Crippen LogP contribution is 2.33. The number of amides is 2. The molecule has 3 aromatic rings. The summed E-state index contributed by atoms with van der Waals surface area (Å²) in [7, 11) is 0. The summed E-state index contributed by atoms with van der Waals surface area (Å²) in [5.74, 6) is -1.15. The van der Waals surface area contributed by atoms with Crippen LogP contribution in [-0.2, 0) is 4.74 Å². The number of urea groups is 1. The molecule has 33 heavy (non-hydrogen) atoms. The zero-order valence-corrected chi connectivity index (χ0v) is 19.4. The smallest absolute Gasteiger partial charge is 0.321 e. The maximum atomic E-state index is 14.3. The van der Waals surface area contributed by atoms with E-state index in [1.165, 1.54) is 17.4 Å². The van der Waals surface area contributed by atoms with Gasteiger partial charge < -0.3 is 14.8 Å². The number of fused-ring (bicyclic) bond motifs is 1. The highest BCUT2D eigenvalue weighted by atomic mass is 35.5. The minimum Gasteiger partial charge on any atom is -0.486 e. The predicted molar refractivity (Wildman–Crippen MR) is 124 cm³/mol. The summed E-state index contributed by atoms with van der Waals surface area (Å²) < 4.78 is 40.2. The number of hydrogen-bond acceptors (Lipinski definition) is 6. The van der Waals surface area contributed by atoms with Crippen LogP contribution >= 0.6 is 22.9 Å². The van der Waals surface area contributed by atoms with E-state index in [2.05, 4.69) is 20.5 Å². The Bertz CT molecular complexity index is 1140. The van der Waals surface area contributed by atoms with Gasteiger partial charge in [-0.25, -0.2) is 18.6 Å². The number of ether oxygens (including phenoxy) is 2. The van der Waals surface area contributed by atoms with E-state index in [1.54, 1.807) is 25.1 Å². The fourth-order valence-electron chi connectivity index (χ4n) is 3.50. The second-order valence-corrected chi connectivity index (χ2v) is 8.94. The predicted octanol–water partition coefficient (Wildman–Crippen LogP) is 4.82. The Morgan fingerprint density at radius 2 is 2.09 bits per heavy atom. The molecule has 0 saturated carbocycles. The molecule has 1 atom stereocenters. The first-order valence-corrected chi connectivity index (χ1v) is 11.7. The number of rotatable bonds is 7. The van der Waals surface area contributed by atoms with E-state index in [-0.39, 0.29) is 16.6 Å². The topological polar surface area (TPSA) is 75.7 Å². The first-order chi connectivity index (χ1) is 15.9. The van der Waals surface area contributed by atoms with E-state index >= 15 is 0 Å². The second-order valence-electron chi connectivity index (χ2n) is 7.50. The van der Waals surface area contributed by atoms with Gasteiger partial charge in [-0.15, -0.1) is 0 Å². The van der Waals surface area contributed by atoms with Crippen molar-refractivity contribution < 1.29 is 23.0 Å². The number of halogens is 3. The molecule has 7 nitrogen and oxygen atoms in total. The number of hydrogen-bond donors (Lipinski definition) is 2. The molecule has 0 radical (unpaired) electrons. The van der Waals surface area contributed by atoms with Gasteiger partial charge in [0.15, 0.2) is 10.9 Å². The third-order valence-electron chi connectivity index (χ3n) is 5.20. The van der Waals surface area contributed by atoms with Crippen molar-refractivity contribution in [3.05, 3.63) is 52.6 Å². The highest BCUT2D eigenvalue weighted by Gasteiger charge is 2.21. The molecule has 2 N–H and O–H groups in total. The number of thiazole rings is 1. The average Bonchev–Trinajstić information content (AvgIpc) is 3.18. The van der Waals surface area contributed by atoms with Crippen LogP contribution in [0, 0.1) is 11.6 Å². The standard InChI is InChI=1S/C22H23ClF2N4O3S/c1-13(19-16(24)4-3-15(23)20(19)25)32-14-2-5-17-18(12-14)33-22(27-17)28-21(30)26-6-7-29-8-10-31-11-9-29/h2-5,12-13H,6-11H2,1H3,(H2,26,27,28,30). The molecule has 4 rings (SSSR count). The van der Waals surface area contributed by atoms with Gasteiger partial charge in [0.2, 0.25) is 0 Å². The van der Waals surface area contributed by atoms with Crippen LogP contribution in [0.25, 0.3) is 10.2 Å². The van der Waals surface area contributed by atoms with Gasteiger partial charge in [0.05, 0.1) is 34.0 Å². The van der Waals surface area contributed by atoms with Crippen LogP contribution in [-0.4, -0.2) is 55.3 Å². The van der Waals surface area contributed by atoms with Gasteiger partial charge in [-0.2, -0.15) is 0 Å². The fraction of sp³-hybridized carbons (Fsp3) is 0.364. The van der Waals surface area contributed by atoms with Crippen LogP contribution in [0.4, 0.5) is 18.7 Å². The molecule has 0 bridgehead atoms. The second kappa shape index (κ2) is 10.6. The largest absolute Gasteiger partial charge is 0.486 e. The highest BCUT2D eigenvalue weighted by molar-refractivity contribution is 7.22. The molecule has 2 aromatic carbocycles. The lowest BCUT2D eigenvalue weighted by Gasteiger charge is -2.26. The molecular weight excluding hydrogens is 474 g/mol. The Labute approximate surface area is 198 Å². The summed E-state index contributed by atoms with van der Waals surface area (Å²) in [6.45, 7) is 5.97. The number of aromatic nitrogens is 1. The van der Waals surface area contributed by atoms with E-state index in [9.17, 15) is 13.6 Å². The Morgan fingerprint density at radius 1 is 1.30 bits per heavy atom. The molecule has 11 heteroatoms. The number of anilines is 1. The van der Waals surface area contributed by atoms with E-state index in [0.717, 1.165) is 30.4 Å². The molecular formula is C22H23ClF2N4O3S. The normalized spacial score (nSPS) is 15.4. The number of carbonyl (C=O) groups excluding carboxylic acids is 1. The van der Waals surface area contributed by atoms with Gasteiger partial charge in [-0.1, -0.05) is 22.9 Å². The summed E-state index contributed by atoms with van der Waals surface area (Å²) in [5.41, 5.74) is 0.437. The molecule has 1 fully saturated rings. The molecule has 176 valence electrons. The molecule has 1 unspecified atom stereocenters. The zero-order valence-electron chi connectivity index (χ0n) is 17.9. The van der Waals surface area contributed by atoms with Gasteiger partial charge in [0.25, 0.3) is 0 Å². The van der Waals surface area contributed by atoms with Crippen LogP contribution in [0.15, 0.2) is 30.3 Å². The van der Waals surface area contributed by atoms with Crippen molar-refractivity contribution in [2.45, 2.75) is 13.0 Å². The summed E-state index contributed by atoms with van der Waals surface area (Å²) in [6.07, 6.45) is -0.899. The van der Waals surface area contributed by atoms with Crippen molar-refractivity contribution in [2.75, 3.05) is 44.7 Å². The van der Waals surface area contributed by atoms with Gasteiger partial charge in [-0.05, 0) is 37.3 Å². The van der Waals surface area contributed by atoms with Crippen molar-refractivity contribution in [1.29, 1.82) is 0 Å². The van der Waals surface area contributed by atoms with Crippen LogP contribution < -0.4 is 15.4 Å². The monoisotopic (exact) mass is 496 g/mol. The Balaban J connectivity index is 1.36. The minimum atomic E-state index is -0.899. The maximum Gasteiger partial charge on any atom is 0.321 e. The van der Waals surface area contributed by atoms with Gasteiger partial charge in [0.1, 0.15) is 17.7 Å². The van der Waals surface area contributed by atoms with E-state index < -0.39 is 17.7 Å². The lowest BCUT2D eigenvalue weighted by Crippen LogP contribution is -2.42. The van der Waals surface area contributed by atoms with E-state index in [0.29, 0.717) is 36.2 Å². The zero-order chi connectivity index (χ0) is 23.4. The molecule has 2 heterocycles. The number of carbonyl (C=O) groups is 1. The first-order valence-electron chi connectivity index (χ1n) is 10.5. The fourth-order valence-corrected chi connectivity index (χ4v) is 4.56. The van der Waals surface area contributed by atoms with Crippen LogP contribution in [0.1, 0.15) is 18.6 Å². The van der Waals surface area contributed by atoms with Crippen molar-refractivity contribution >= 4 is 44.3 Å². The summed E-state index contributed by atoms with van der Waals surface area (Å²) in [5, 5.41) is 5.83. The summed E-state index contributed by atoms with van der Waals surface area (Å²) in [4.78, 5) is 18.8. The Morgan fingerprint density at radius 3 is 2.88 bits per heavy atom. The van der Waals surface area contributed by atoms with Gasteiger partial charge in [0, 0.05) is 26.2 Å². The third-order valence-corrected chi connectivity index (χ3v) is 6.42. The SMILES string of the molecule is CC(Oc1ccc2nc(NC(=O)NCCN3CCOCC3)sc2c1)c1c(F)ccc(Cl)c1F. The lowest BCUT2D eigenvalue weighted by molar-refractivity contribution is 0.0388. The number of morpholine rings is 1. The number of nitrogens with one attached hydrogen (secondary N) is 2. The molecule has 0 aliphatic carbocycles. The first kappa shape index (κ1) is 23.6. The molecule has 1 aliphatic rings. The van der Waals surface area contributed by atoms with Crippen molar-refractivity contribution in [2.24, 2.45) is 0 Å². The summed E-state index contributed by atoms with van der Waals surface area (Å²) >= 11 is 7.05. The van der Waals surface area contributed by atoms with Crippen molar-refractivity contribution in [1.82, 2.24) is 15.2 Å². The Kier molecular flexibility index (Phi) is 7.59. The summed E-state index contributed by atoms with van der Waals surface area (Å²) in [6, 6.07) is 7.03. The number of nitrogens with zero attached hydrogens (tertiary/aromatic N) is 2. The minimum absolute atomic E-state index is 0.168. The quantitative estimate of drug-likeness (QED) is 0.459.